The molecule has 5 nitrogen and oxygen atoms in total. The molecule has 2 atom stereocenters. The van der Waals surface area contributed by atoms with Gasteiger partial charge in [-0.3, -0.25) is 19.3 Å². The van der Waals surface area contributed by atoms with Crippen LogP contribution in [0.3, 0.4) is 0 Å². The van der Waals surface area contributed by atoms with Gasteiger partial charge in [-0.2, -0.15) is 0 Å². The average Bonchev–Trinajstić information content (AvgIpc) is 2.62. The van der Waals surface area contributed by atoms with E-state index in [4.69, 9.17) is 5.73 Å². The standard InChI is InChI=1S/C14H24N2O3S/c1-8(2)6-16-12(17)5-11(14(16)19)20-7-10(15)13(18)9(3)4/h8-11H,5-7,15H2,1-4H3/t10-,11?/m0/s1. The van der Waals surface area contributed by atoms with Crippen LogP contribution in [0.4, 0.5) is 0 Å². The van der Waals surface area contributed by atoms with Crippen LogP contribution < -0.4 is 5.73 Å². The van der Waals surface area contributed by atoms with Crippen LogP contribution in [0.25, 0.3) is 0 Å². The van der Waals surface area contributed by atoms with Crippen molar-refractivity contribution in [3.8, 4) is 0 Å². The highest BCUT2D eigenvalue weighted by Gasteiger charge is 2.39. The quantitative estimate of drug-likeness (QED) is 0.711. The van der Waals surface area contributed by atoms with Crippen molar-refractivity contribution >= 4 is 29.4 Å². The van der Waals surface area contributed by atoms with Gasteiger partial charge in [0.25, 0.3) is 0 Å². The van der Waals surface area contributed by atoms with Crippen LogP contribution in [0.15, 0.2) is 0 Å². The number of likely N-dealkylation sites (tertiary alicyclic amines) is 1. The van der Waals surface area contributed by atoms with Crippen LogP contribution in [-0.4, -0.2) is 46.1 Å². The lowest BCUT2D eigenvalue weighted by atomic mass is 10.0. The number of hydrogen-bond donors (Lipinski definition) is 1. The van der Waals surface area contributed by atoms with Gasteiger partial charge in [0.1, 0.15) is 0 Å². The zero-order valence-corrected chi connectivity index (χ0v) is 13.4. The second kappa shape index (κ2) is 7.22. The summed E-state index contributed by atoms with van der Waals surface area (Å²) in [5.41, 5.74) is 5.81. The Balaban J connectivity index is 2.52. The highest BCUT2D eigenvalue weighted by Crippen LogP contribution is 2.26. The third kappa shape index (κ3) is 4.31. The van der Waals surface area contributed by atoms with E-state index in [1.807, 2.05) is 27.7 Å². The summed E-state index contributed by atoms with van der Waals surface area (Å²) in [6.07, 6.45) is 0.221. The summed E-state index contributed by atoms with van der Waals surface area (Å²) in [5, 5.41) is -0.382. The molecule has 0 aromatic heterocycles. The number of carbonyl (C=O) groups is 3. The lowest BCUT2D eigenvalue weighted by Crippen LogP contribution is -2.37. The van der Waals surface area contributed by atoms with E-state index in [2.05, 4.69) is 0 Å². The first-order valence-electron chi connectivity index (χ1n) is 6.99. The van der Waals surface area contributed by atoms with E-state index in [0.29, 0.717) is 12.3 Å². The minimum absolute atomic E-state index is 0.00620. The third-order valence-corrected chi connectivity index (χ3v) is 4.48. The Morgan fingerprint density at radius 2 is 1.95 bits per heavy atom. The number of amides is 2. The van der Waals surface area contributed by atoms with E-state index >= 15 is 0 Å². The molecule has 2 amide bonds. The maximum absolute atomic E-state index is 12.1. The fraction of sp³-hybridized carbons (Fsp3) is 0.786. The Kier molecular flexibility index (Phi) is 6.20. The largest absolute Gasteiger partial charge is 0.321 e. The summed E-state index contributed by atoms with van der Waals surface area (Å²) in [6, 6.07) is -0.568. The van der Waals surface area contributed by atoms with E-state index in [1.165, 1.54) is 16.7 Å². The Bertz CT molecular complexity index is 396. The Hall–Kier alpha value is -0.880. The molecule has 0 aromatic carbocycles. The number of rotatable bonds is 7. The van der Waals surface area contributed by atoms with Crippen LogP contribution in [-0.2, 0) is 14.4 Å². The molecule has 20 heavy (non-hydrogen) atoms. The maximum atomic E-state index is 12.1. The first kappa shape index (κ1) is 17.2. The van der Waals surface area contributed by atoms with Crippen LogP contribution in [0.2, 0.25) is 0 Å². The first-order chi connectivity index (χ1) is 9.23. The molecular formula is C14H24N2O3S. The predicted molar refractivity (Wildman–Crippen MR) is 80.2 cm³/mol. The summed E-state index contributed by atoms with van der Waals surface area (Å²) < 4.78 is 0. The van der Waals surface area contributed by atoms with Crippen molar-refractivity contribution in [2.45, 2.75) is 45.4 Å². The Morgan fingerprint density at radius 3 is 2.45 bits per heavy atom. The summed E-state index contributed by atoms with van der Waals surface area (Å²) >= 11 is 1.32. The smallest absolute Gasteiger partial charge is 0.242 e. The molecule has 0 bridgehead atoms. The minimum atomic E-state index is -0.568. The van der Waals surface area contributed by atoms with Gasteiger partial charge in [0, 0.05) is 24.6 Å². The summed E-state index contributed by atoms with van der Waals surface area (Å²) in [5.74, 6) is 0.271. The molecule has 1 rings (SSSR count). The minimum Gasteiger partial charge on any atom is -0.321 e. The van der Waals surface area contributed by atoms with Crippen molar-refractivity contribution in [1.29, 1.82) is 0 Å². The van der Waals surface area contributed by atoms with Gasteiger partial charge in [-0.05, 0) is 5.92 Å². The van der Waals surface area contributed by atoms with Gasteiger partial charge < -0.3 is 5.73 Å². The molecule has 0 radical (unpaired) electrons. The van der Waals surface area contributed by atoms with E-state index in [9.17, 15) is 14.4 Å². The van der Waals surface area contributed by atoms with Crippen molar-refractivity contribution in [3.05, 3.63) is 0 Å². The summed E-state index contributed by atoms with van der Waals surface area (Å²) in [6.45, 7) is 8.02. The molecule has 1 unspecified atom stereocenters. The van der Waals surface area contributed by atoms with Gasteiger partial charge in [0.15, 0.2) is 5.78 Å². The van der Waals surface area contributed by atoms with Crippen LogP contribution in [0.5, 0.6) is 0 Å². The van der Waals surface area contributed by atoms with Gasteiger partial charge >= 0.3 is 0 Å². The normalized spacial score (nSPS) is 21.1. The predicted octanol–water partition coefficient (Wildman–Crippen LogP) is 1.06. The van der Waals surface area contributed by atoms with E-state index in [-0.39, 0.29) is 41.1 Å². The van der Waals surface area contributed by atoms with Crippen molar-refractivity contribution in [2.75, 3.05) is 12.3 Å². The molecule has 2 N–H and O–H groups in total. The second-order valence-corrected chi connectivity index (χ2v) is 7.16. The van der Waals surface area contributed by atoms with E-state index in [1.54, 1.807) is 0 Å². The average molecular weight is 300 g/mol. The van der Waals surface area contributed by atoms with Crippen molar-refractivity contribution < 1.29 is 14.4 Å². The zero-order valence-electron chi connectivity index (χ0n) is 12.6. The van der Waals surface area contributed by atoms with Gasteiger partial charge in [0.05, 0.1) is 11.3 Å². The highest BCUT2D eigenvalue weighted by molar-refractivity contribution is 8.00. The molecule has 1 saturated heterocycles. The fourth-order valence-corrected chi connectivity index (χ4v) is 3.20. The summed E-state index contributed by atoms with van der Waals surface area (Å²) in [7, 11) is 0. The van der Waals surface area contributed by atoms with Gasteiger partial charge in [-0.1, -0.05) is 27.7 Å². The first-order valence-corrected chi connectivity index (χ1v) is 8.04. The molecule has 1 heterocycles. The SMILES string of the molecule is CC(C)CN1C(=O)CC(SC[C@H](N)C(=O)C(C)C)C1=O. The van der Waals surface area contributed by atoms with E-state index < -0.39 is 6.04 Å². The molecule has 0 aliphatic carbocycles. The summed E-state index contributed by atoms with van der Waals surface area (Å²) in [4.78, 5) is 37.0. The van der Waals surface area contributed by atoms with Gasteiger partial charge in [-0.25, -0.2) is 0 Å². The fourth-order valence-electron chi connectivity index (χ4n) is 2.07. The number of thioether (sulfide) groups is 1. The van der Waals surface area contributed by atoms with Crippen LogP contribution >= 0.6 is 11.8 Å². The molecule has 6 heteroatoms. The zero-order chi connectivity index (χ0) is 15.4. The molecule has 1 fully saturated rings. The molecule has 1 aliphatic rings. The molecule has 0 aromatic rings. The number of hydrogen-bond acceptors (Lipinski definition) is 5. The third-order valence-electron chi connectivity index (χ3n) is 3.16. The Labute approximate surface area is 124 Å². The van der Waals surface area contributed by atoms with Crippen LogP contribution in [0, 0.1) is 11.8 Å². The lowest BCUT2D eigenvalue weighted by molar-refractivity contribution is -0.138. The maximum Gasteiger partial charge on any atom is 0.242 e. The number of nitrogens with zero attached hydrogens (tertiary/aromatic N) is 1. The molecular weight excluding hydrogens is 276 g/mol. The molecule has 0 saturated carbocycles. The van der Waals surface area contributed by atoms with Crippen molar-refractivity contribution in [3.63, 3.8) is 0 Å². The number of imide groups is 1. The van der Waals surface area contributed by atoms with Gasteiger partial charge in [0.2, 0.25) is 11.8 Å². The van der Waals surface area contributed by atoms with Crippen LogP contribution in [0.1, 0.15) is 34.1 Å². The number of carbonyl (C=O) groups excluding carboxylic acids is 3. The van der Waals surface area contributed by atoms with E-state index in [0.717, 1.165) is 0 Å². The number of Topliss-reactive ketones (excluding diaryl/α,β-unsaturated/α-hetero) is 1. The number of ketones is 1. The lowest BCUT2D eigenvalue weighted by Gasteiger charge is -2.18. The molecule has 114 valence electrons. The van der Waals surface area contributed by atoms with Gasteiger partial charge in [-0.15, -0.1) is 11.8 Å². The molecule has 0 spiro atoms. The van der Waals surface area contributed by atoms with Crippen molar-refractivity contribution in [2.24, 2.45) is 17.6 Å². The second-order valence-electron chi connectivity index (χ2n) is 5.93. The topological polar surface area (TPSA) is 80.5 Å². The monoisotopic (exact) mass is 300 g/mol. The van der Waals surface area contributed by atoms with Crippen molar-refractivity contribution in [1.82, 2.24) is 4.90 Å². The molecule has 1 aliphatic heterocycles. The Morgan fingerprint density at radius 1 is 1.35 bits per heavy atom. The highest BCUT2D eigenvalue weighted by atomic mass is 32.2. The number of nitrogens with two attached hydrogens (primary N) is 1.